The van der Waals surface area contributed by atoms with E-state index in [1.807, 2.05) is 38.1 Å². The zero-order valence-electron chi connectivity index (χ0n) is 15.3. The van der Waals surface area contributed by atoms with E-state index in [1.54, 1.807) is 13.2 Å². The van der Waals surface area contributed by atoms with Gasteiger partial charge in [-0.1, -0.05) is 24.3 Å². The smallest absolute Gasteiger partial charge is 0.214 e. The maximum atomic E-state index is 5.57. The molecule has 3 rings (SSSR count). The maximum absolute atomic E-state index is 5.57. The molecule has 0 spiro atoms. The second-order valence-electron chi connectivity index (χ2n) is 5.94. The van der Waals surface area contributed by atoms with Crippen LogP contribution in [-0.4, -0.2) is 23.0 Å². The predicted molar refractivity (Wildman–Crippen MR) is 103 cm³/mol. The third kappa shape index (κ3) is 4.47. The summed E-state index contributed by atoms with van der Waals surface area (Å²) in [4.78, 5) is 13.0. The molecule has 26 heavy (non-hydrogen) atoms. The number of guanidine groups is 1. The minimum absolute atomic E-state index is 0.488. The zero-order valence-corrected chi connectivity index (χ0v) is 15.3. The largest absolute Gasteiger partial charge is 0.444 e. The number of aliphatic imine (C=N–C) groups is 1. The summed E-state index contributed by atoms with van der Waals surface area (Å²) in [5.74, 6) is 2.19. The van der Waals surface area contributed by atoms with E-state index >= 15 is 0 Å². The van der Waals surface area contributed by atoms with Crippen molar-refractivity contribution in [1.82, 2.24) is 20.6 Å². The quantitative estimate of drug-likeness (QED) is 0.546. The van der Waals surface area contributed by atoms with Crippen LogP contribution in [0.2, 0.25) is 0 Å². The van der Waals surface area contributed by atoms with Crippen molar-refractivity contribution in [2.24, 2.45) is 4.99 Å². The van der Waals surface area contributed by atoms with Gasteiger partial charge in [0.2, 0.25) is 5.89 Å². The Kier molecular flexibility index (Phi) is 5.63. The Bertz CT molecular complexity index is 867. The van der Waals surface area contributed by atoms with Gasteiger partial charge in [0.15, 0.2) is 5.96 Å². The Morgan fingerprint density at radius 2 is 1.92 bits per heavy atom. The van der Waals surface area contributed by atoms with Crippen LogP contribution in [0.5, 0.6) is 0 Å². The van der Waals surface area contributed by atoms with Gasteiger partial charge in [0.25, 0.3) is 0 Å². The fraction of sp³-hybridized carbons (Fsp3) is 0.250. The van der Waals surface area contributed by atoms with Crippen molar-refractivity contribution in [3.63, 3.8) is 0 Å². The van der Waals surface area contributed by atoms with Crippen molar-refractivity contribution in [2.75, 3.05) is 7.05 Å². The molecule has 134 valence electrons. The fourth-order valence-electron chi connectivity index (χ4n) is 2.55. The van der Waals surface area contributed by atoms with Crippen LogP contribution in [0.15, 0.2) is 58.1 Å². The first-order valence-corrected chi connectivity index (χ1v) is 8.53. The Morgan fingerprint density at radius 1 is 1.08 bits per heavy atom. The number of oxazole rings is 1. The molecule has 0 aliphatic carbocycles. The second-order valence-corrected chi connectivity index (χ2v) is 5.94. The summed E-state index contributed by atoms with van der Waals surface area (Å²) in [6, 6.07) is 14.2. The summed E-state index contributed by atoms with van der Waals surface area (Å²) in [7, 11) is 1.74. The van der Waals surface area contributed by atoms with Gasteiger partial charge in [-0.15, -0.1) is 0 Å². The lowest BCUT2D eigenvalue weighted by atomic mass is 10.1. The number of aryl methyl sites for hydroxylation is 2. The van der Waals surface area contributed by atoms with Crippen LogP contribution >= 0.6 is 0 Å². The van der Waals surface area contributed by atoms with Gasteiger partial charge in [-0.25, -0.2) is 4.98 Å². The molecular formula is C20H23N5O. The van der Waals surface area contributed by atoms with Crippen molar-refractivity contribution in [3.05, 3.63) is 71.6 Å². The van der Waals surface area contributed by atoms with Crippen LogP contribution in [-0.2, 0) is 13.1 Å². The Hall–Kier alpha value is -3.15. The van der Waals surface area contributed by atoms with Gasteiger partial charge in [-0.05, 0) is 37.6 Å². The number of aromatic nitrogens is 2. The summed E-state index contributed by atoms with van der Waals surface area (Å²) < 4.78 is 5.57. The highest BCUT2D eigenvalue weighted by Gasteiger charge is 2.07. The number of pyridine rings is 1. The third-order valence-corrected chi connectivity index (χ3v) is 4.05. The lowest BCUT2D eigenvalue weighted by Crippen LogP contribution is -2.36. The lowest BCUT2D eigenvalue weighted by Gasteiger charge is -2.11. The van der Waals surface area contributed by atoms with Crippen molar-refractivity contribution in [1.29, 1.82) is 0 Å². The molecule has 0 bridgehead atoms. The molecule has 0 saturated carbocycles. The number of hydrogen-bond donors (Lipinski definition) is 2. The fourth-order valence-corrected chi connectivity index (χ4v) is 2.55. The summed E-state index contributed by atoms with van der Waals surface area (Å²) >= 11 is 0. The maximum Gasteiger partial charge on any atom is 0.214 e. The van der Waals surface area contributed by atoms with Gasteiger partial charge in [0.1, 0.15) is 5.76 Å². The monoisotopic (exact) mass is 349 g/mol. The van der Waals surface area contributed by atoms with Crippen LogP contribution in [0.4, 0.5) is 0 Å². The Labute approximate surface area is 153 Å². The molecule has 0 fully saturated rings. The summed E-state index contributed by atoms with van der Waals surface area (Å²) in [5.41, 5.74) is 4.13. The van der Waals surface area contributed by atoms with Gasteiger partial charge in [-0.2, -0.15) is 0 Å². The molecular weight excluding hydrogens is 326 g/mol. The van der Waals surface area contributed by atoms with Crippen LogP contribution in [0, 0.1) is 13.8 Å². The van der Waals surface area contributed by atoms with Gasteiger partial charge in [0.05, 0.1) is 17.9 Å². The van der Waals surface area contributed by atoms with E-state index in [0.29, 0.717) is 24.9 Å². The molecule has 3 aromatic rings. The van der Waals surface area contributed by atoms with Gasteiger partial charge < -0.3 is 15.1 Å². The highest BCUT2D eigenvalue weighted by molar-refractivity contribution is 5.79. The minimum atomic E-state index is 0.488. The first-order chi connectivity index (χ1) is 12.7. The molecule has 0 saturated heterocycles. The normalized spacial score (nSPS) is 11.4. The second kappa shape index (κ2) is 8.29. The molecule has 1 aromatic carbocycles. The van der Waals surface area contributed by atoms with Crippen molar-refractivity contribution in [3.8, 4) is 11.3 Å². The van der Waals surface area contributed by atoms with Crippen molar-refractivity contribution < 1.29 is 4.42 Å². The van der Waals surface area contributed by atoms with Gasteiger partial charge >= 0.3 is 0 Å². The molecule has 2 N–H and O–H groups in total. The van der Waals surface area contributed by atoms with E-state index in [1.165, 1.54) is 0 Å². The average Bonchev–Trinajstić information content (AvgIpc) is 3.00. The van der Waals surface area contributed by atoms with Gasteiger partial charge in [0, 0.05) is 25.4 Å². The number of rotatable bonds is 5. The first-order valence-electron chi connectivity index (χ1n) is 8.53. The van der Waals surface area contributed by atoms with E-state index in [2.05, 4.69) is 43.8 Å². The SMILES string of the molecule is CN=C(NCc1cccc(-c2ccccn2)c1)NCc1nc(C)c(C)o1. The average molecular weight is 349 g/mol. The van der Waals surface area contributed by atoms with Crippen LogP contribution < -0.4 is 10.6 Å². The third-order valence-electron chi connectivity index (χ3n) is 4.05. The molecule has 0 aliphatic heterocycles. The Balaban J connectivity index is 1.58. The molecule has 2 heterocycles. The molecule has 0 radical (unpaired) electrons. The van der Waals surface area contributed by atoms with E-state index in [0.717, 1.165) is 28.3 Å². The van der Waals surface area contributed by atoms with Crippen molar-refractivity contribution >= 4 is 5.96 Å². The standard InChI is InChI=1S/C20H23N5O/c1-14-15(2)26-19(25-14)13-24-20(21-3)23-12-16-7-6-8-17(11-16)18-9-4-5-10-22-18/h4-11H,12-13H2,1-3H3,(H2,21,23,24). The van der Waals surface area contributed by atoms with E-state index in [9.17, 15) is 0 Å². The summed E-state index contributed by atoms with van der Waals surface area (Å²) in [5, 5.41) is 6.52. The lowest BCUT2D eigenvalue weighted by molar-refractivity contribution is 0.463. The summed E-state index contributed by atoms with van der Waals surface area (Å²) in [6.07, 6.45) is 1.80. The summed E-state index contributed by atoms with van der Waals surface area (Å²) in [6.45, 7) is 4.99. The molecule has 0 unspecified atom stereocenters. The highest BCUT2D eigenvalue weighted by atomic mass is 16.4. The molecule has 6 heteroatoms. The van der Waals surface area contributed by atoms with Crippen LogP contribution in [0.25, 0.3) is 11.3 Å². The first kappa shape index (κ1) is 17.7. The Morgan fingerprint density at radius 3 is 2.62 bits per heavy atom. The number of benzene rings is 1. The zero-order chi connectivity index (χ0) is 18.4. The number of nitrogens with zero attached hydrogens (tertiary/aromatic N) is 3. The minimum Gasteiger partial charge on any atom is -0.444 e. The topological polar surface area (TPSA) is 75.3 Å². The molecule has 0 aliphatic rings. The van der Waals surface area contributed by atoms with Crippen molar-refractivity contribution in [2.45, 2.75) is 26.9 Å². The molecule has 0 atom stereocenters. The predicted octanol–water partition coefficient (Wildman–Crippen LogP) is 3.22. The number of hydrogen-bond acceptors (Lipinski definition) is 4. The molecule has 6 nitrogen and oxygen atoms in total. The van der Waals surface area contributed by atoms with E-state index in [-0.39, 0.29) is 0 Å². The van der Waals surface area contributed by atoms with Gasteiger partial charge in [-0.3, -0.25) is 9.98 Å². The number of nitrogens with one attached hydrogen (secondary N) is 2. The van der Waals surface area contributed by atoms with E-state index in [4.69, 9.17) is 4.42 Å². The molecule has 0 amide bonds. The van der Waals surface area contributed by atoms with Crippen LogP contribution in [0.3, 0.4) is 0 Å². The highest BCUT2D eigenvalue weighted by Crippen LogP contribution is 2.17. The van der Waals surface area contributed by atoms with E-state index < -0.39 is 0 Å². The molecule has 2 aromatic heterocycles. The van der Waals surface area contributed by atoms with Crippen LogP contribution in [0.1, 0.15) is 22.9 Å².